The SMILES string of the molecule is CN(CCCO)CCOP(=O)(O)O. The summed E-state index contributed by atoms with van der Waals surface area (Å²) in [5, 5.41) is 8.49. The van der Waals surface area contributed by atoms with Crippen molar-refractivity contribution in [1.29, 1.82) is 0 Å². The van der Waals surface area contributed by atoms with E-state index in [2.05, 4.69) is 4.52 Å². The van der Waals surface area contributed by atoms with Crippen molar-refractivity contribution in [3.05, 3.63) is 0 Å². The van der Waals surface area contributed by atoms with Gasteiger partial charge in [-0.3, -0.25) is 4.52 Å². The van der Waals surface area contributed by atoms with E-state index in [1.165, 1.54) is 0 Å². The predicted octanol–water partition coefficient (Wildman–Crippen LogP) is -0.590. The first-order chi connectivity index (χ1) is 5.95. The first-order valence-electron chi connectivity index (χ1n) is 3.95. The van der Waals surface area contributed by atoms with Crippen molar-refractivity contribution in [1.82, 2.24) is 4.90 Å². The number of likely N-dealkylation sites (N-methyl/N-ethyl adjacent to an activating group) is 1. The third-order valence-corrected chi connectivity index (χ3v) is 1.95. The van der Waals surface area contributed by atoms with Gasteiger partial charge in [0.1, 0.15) is 0 Å². The molecule has 0 aromatic rings. The molecule has 0 bridgehead atoms. The maximum Gasteiger partial charge on any atom is 0.469 e. The molecule has 0 rings (SSSR count). The van der Waals surface area contributed by atoms with Crippen molar-refractivity contribution in [2.45, 2.75) is 6.42 Å². The Balaban J connectivity index is 3.37. The third-order valence-electron chi connectivity index (χ3n) is 1.43. The first kappa shape index (κ1) is 13.0. The molecule has 0 atom stereocenters. The molecule has 0 aliphatic heterocycles. The smallest absolute Gasteiger partial charge is 0.396 e. The summed E-state index contributed by atoms with van der Waals surface area (Å²) >= 11 is 0. The van der Waals surface area contributed by atoms with Crippen LogP contribution in [0.15, 0.2) is 0 Å². The Bertz CT molecular complexity index is 170. The van der Waals surface area contributed by atoms with Gasteiger partial charge >= 0.3 is 7.82 Å². The highest BCUT2D eigenvalue weighted by molar-refractivity contribution is 7.46. The lowest BCUT2D eigenvalue weighted by molar-refractivity contribution is 0.167. The molecular formula is C6H16NO5P. The summed E-state index contributed by atoms with van der Waals surface area (Å²) in [6.07, 6.45) is 0.645. The Kier molecular flexibility index (Phi) is 6.49. The van der Waals surface area contributed by atoms with Gasteiger partial charge < -0.3 is 19.8 Å². The van der Waals surface area contributed by atoms with Gasteiger partial charge in [0.05, 0.1) is 6.61 Å². The number of hydrogen-bond acceptors (Lipinski definition) is 4. The van der Waals surface area contributed by atoms with Crippen LogP contribution in [0.1, 0.15) is 6.42 Å². The third kappa shape index (κ3) is 9.95. The number of phosphoric acid groups is 1. The second kappa shape index (κ2) is 6.48. The van der Waals surface area contributed by atoms with Crippen LogP contribution in [-0.4, -0.2) is 53.1 Å². The van der Waals surface area contributed by atoms with E-state index in [0.717, 1.165) is 0 Å². The maximum atomic E-state index is 10.2. The Morgan fingerprint density at radius 2 is 2.00 bits per heavy atom. The van der Waals surface area contributed by atoms with Crippen LogP contribution in [0.25, 0.3) is 0 Å². The molecule has 0 spiro atoms. The Morgan fingerprint density at radius 3 is 2.46 bits per heavy atom. The van der Waals surface area contributed by atoms with Gasteiger partial charge in [0.2, 0.25) is 0 Å². The molecule has 3 N–H and O–H groups in total. The van der Waals surface area contributed by atoms with Gasteiger partial charge in [0.15, 0.2) is 0 Å². The van der Waals surface area contributed by atoms with E-state index in [4.69, 9.17) is 14.9 Å². The summed E-state index contributed by atoms with van der Waals surface area (Å²) in [5.41, 5.74) is 0. The highest BCUT2D eigenvalue weighted by atomic mass is 31.2. The van der Waals surface area contributed by atoms with Crippen molar-refractivity contribution < 1.29 is 24.0 Å². The topological polar surface area (TPSA) is 90.2 Å². The number of phosphoric ester groups is 1. The standard InChI is InChI=1S/C6H16NO5P/c1-7(3-2-5-8)4-6-12-13(9,10)11/h8H,2-6H2,1H3,(H2,9,10,11). The fraction of sp³-hybridized carbons (Fsp3) is 1.00. The number of nitrogens with zero attached hydrogens (tertiary/aromatic N) is 1. The molecular weight excluding hydrogens is 197 g/mol. The van der Waals surface area contributed by atoms with E-state index in [1.54, 1.807) is 7.05 Å². The van der Waals surface area contributed by atoms with Crippen LogP contribution in [0.3, 0.4) is 0 Å². The molecule has 6 nitrogen and oxygen atoms in total. The lowest BCUT2D eigenvalue weighted by Crippen LogP contribution is -2.24. The molecule has 0 aromatic carbocycles. The van der Waals surface area contributed by atoms with Crippen molar-refractivity contribution in [2.75, 3.05) is 33.4 Å². The molecule has 0 saturated heterocycles. The van der Waals surface area contributed by atoms with Crippen LogP contribution >= 0.6 is 7.82 Å². The van der Waals surface area contributed by atoms with Crippen LogP contribution in [0.2, 0.25) is 0 Å². The van der Waals surface area contributed by atoms with Crippen LogP contribution in [0.5, 0.6) is 0 Å². The molecule has 0 fully saturated rings. The van der Waals surface area contributed by atoms with Gasteiger partial charge in [-0.05, 0) is 13.5 Å². The van der Waals surface area contributed by atoms with Crippen LogP contribution in [0.4, 0.5) is 0 Å². The Hall–Kier alpha value is 0.0300. The second-order valence-electron chi connectivity index (χ2n) is 2.70. The molecule has 7 heteroatoms. The number of aliphatic hydroxyl groups excluding tert-OH is 1. The van der Waals surface area contributed by atoms with E-state index in [1.807, 2.05) is 4.90 Å². The summed E-state index contributed by atoms with van der Waals surface area (Å²) in [6, 6.07) is 0. The highest BCUT2D eigenvalue weighted by Crippen LogP contribution is 2.35. The van der Waals surface area contributed by atoms with Crippen LogP contribution in [0, 0.1) is 0 Å². The first-order valence-corrected chi connectivity index (χ1v) is 5.48. The van der Waals surface area contributed by atoms with Crippen molar-refractivity contribution in [3.63, 3.8) is 0 Å². The molecule has 80 valence electrons. The molecule has 0 radical (unpaired) electrons. The normalized spacial score (nSPS) is 12.4. The molecule has 0 aliphatic carbocycles. The highest BCUT2D eigenvalue weighted by Gasteiger charge is 2.13. The molecule has 0 aromatic heterocycles. The van der Waals surface area contributed by atoms with Gasteiger partial charge in [-0.15, -0.1) is 0 Å². The molecule has 13 heavy (non-hydrogen) atoms. The van der Waals surface area contributed by atoms with Crippen molar-refractivity contribution in [3.8, 4) is 0 Å². The zero-order valence-electron chi connectivity index (χ0n) is 7.59. The van der Waals surface area contributed by atoms with Gasteiger partial charge in [-0.25, -0.2) is 4.57 Å². The Labute approximate surface area is 77.4 Å². The minimum absolute atomic E-state index is 0.00773. The minimum atomic E-state index is -4.32. The van der Waals surface area contributed by atoms with Crippen molar-refractivity contribution >= 4 is 7.82 Å². The lowest BCUT2D eigenvalue weighted by atomic mass is 10.4. The maximum absolute atomic E-state index is 10.2. The summed E-state index contributed by atoms with van der Waals surface area (Å²) in [5.74, 6) is 0. The largest absolute Gasteiger partial charge is 0.469 e. The van der Waals surface area contributed by atoms with E-state index in [-0.39, 0.29) is 13.2 Å². The molecule has 0 heterocycles. The lowest BCUT2D eigenvalue weighted by Gasteiger charge is -2.15. The van der Waals surface area contributed by atoms with Gasteiger partial charge in [-0.1, -0.05) is 0 Å². The van der Waals surface area contributed by atoms with Crippen molar-refractivity contribution in [2.24, 2.45) is 0 Å². The van der Waals surface area contributed by atoms with Crippen LogP contribution < -0.4 is 0 Å². The minimum Gasteiger partial charge on any atom is -0.396 e. The average Bonchev–Trinajstić information content (AvgIpc) is 1.98. The van der Waals surface area contributed by atoms with E-state index in [0.29, 0.717) is 19.5 Å². The fourth-order valence-electron chi connectivity index (χ4n) is 0.768. The van der Waals surface area contributed by atoms with Crippen LogP contribution in [-0.2, 0) is 9.09 Å². The Morgan fingerprint density at radius 1 is 1.38 bits per heavy atom. The zero-order chi connectivity index (χ0) is 10.3. The summed E-state index contributed by atoms with van der Waals surface area (Å²) < 4.78 is 14.5. The van der Waals surface area contributed by atoms with Gasteiger partial charge in [-0.2, -0.15) is 0 Å². The number of rotatable bonds is 7. The number of aliphatic hydroxyl groups is 1. The van der Waals surface area contributed by atoms with Gasteiger partial charge in [0, 0.05) is 19.7 Å². The summed E-state index contributed by atoms with van der Waals surface area (Å²) in [6.45, 7) is 1.22. The summed E-state index contributed by atoms with van der Waals surface area (Å²) in [7, 11) is -2.53. The monoisotopic (exact) mass is 213 g/mol. The predicted molar refractivity (Wildman–Crippen MR) is 47.2 cm³/mol. The zero-order valence-corrected chi connectivity index (χ0v) is 8.48. The van der Waals surface area contributed by atoms with Gasteiger partial charge in [0.25, 0.3) is 0 Å². The molecule has 0 amide bonds. The second-order valence-corrected chi connectivity index (χ2v) is 3.94. The molecule has 0 saturated carbocycles. The fourth-order valence-corrected chi connectivity index (χ4v) is 1.09. The van der Waals surface area contributed by atoms with E-state index >= 15 is 0 Å². The quantitative estimate of drug-likeness (QED) is 0.490. The molecule has 0 aliphatic rings. The van der Waals surface area contributed by atoms with E-state index < -0.39 is 7.82 Å². The average molecular weight is 213 g/mol. The molecule has 0 unspecified atom stereocenters. The number of hydrogen-bond donors (Lipinski definition) is 3. The van der Waals surface area contributed by atoms with E-state index in [9.17, 15) is 4.57 Å². The summed E-state index contributed by atoms with van der Waals surface area (Å²) in [4.78, 5) is 18.5.